The first-order valence-electron chi connectivity index (χ1n) is 23.1. The van der Waals surface area contributed by atoms with Gasteiger partial charge in [0, 0.05) is 19.4 Å². The number of hydrogen-bond donors (Lipinski definition) is 2. The summed E-state index contributed by atoms with van der Waals surface area (Å²) in [6.45, 7) is 3.58. The lowest BCUT2D eigenvalue weighted by molar-refractivity contribution is -0.161. The Hall–Kier alpha value is -2.03. The van der Waals surface area contributed by atoms with E-state index in [1.807, 2.05) is 0 Å². The van der Waals surface area contributed by atoms with Crippen LogP contribution in [0.15, 0.2) is 48.6 Å². The molecule has 0 amide bonds. The Morgan fingerprint density at radius 3 is 1.44 bits per heavy atom. The second-order valence-electron chi connectivity index (χ2n) is 15.2. The van der Waals surface area contributed by atoms with Gasteiger partial charge in [-0.2, -0.15) is 0 Å². The van der Waals surface area contributed by atoms with Gasteiger partial charge in [0.1, 0.15) is 6.61 Å². The first-order valence-corrected chi connectivity index (χ1v) is 24.6. The van der Waals surface area contributed by atoms with Gasteiger partial charge in [-0.25, -0.2) is 4.57 Å². The molecule has 0 aliphatic heterocycles. The van der Waals surface area contributed by atoms with Crippen molar-refractivity contribution in [2.75, 3.05) is 26.4 Å². The highest BCUT2D eigenvalue weighted by molar-refractivity contribution is 7.47. The number of ether oxygens (including phenoxy) is 2. The highest BCUT2D eigenvalue weighted by Crippen LogP contribution is 2.43. The number of carbonyl (C=O) groups is 2. The van der Waals surface area contributed by atoms with Crippen molar-refractivity contribution >= 4 is 19.8 Å². The van der Waals surface area contributed by atoms with E-state index in [9.17, 15) is 19.0 Å². The van der Waals surface area contributed by atoms with E-state index in [0.29, 0.717) is 6.42 Å². The molecule has 0 aliphatic carbocycles. The summed E-state index contributed by atoms with van der Waals surface area (Å²) in [6, 6.07) is 0. The van der Waals surface area contributed by atoms with E-state index in [1.54, 1.807) is 0 Å². The highest BCUT2D eigenvalue weighted by Gasteiger charge is 2.26. The van der Waals surface area contributed by atoms with Gasteiger partial charge in [-0.05, 0) is 51.4 Å². The molecule has 0 heterocycles. The zero-order chi connectivity index (χ0) is 41.8. The molecule has 0 bridgehead atoms. The molecule has 0 aromatic carbocycles. The van der Waals surface area contributed by atoms with Crippen molar-refractivity contribution in [2.24, 2.45) is 5.73 Å². The van der Waals surface area contributed by atoms with Gasteiger partial charge in [0.15, 0.2) is 6.10 Å². The van der Waals surface area contributed by atoms with Gasteiger partial charge >= 0.3 is 19.8 Å². The van der Waals surface area contributed by atoms with Crippen LogP contribution in [0.4, 0.5) is 0 Å². The normalized spacial score (nSPS) is 13.7. The predicted molar refractivity (Wildman–Crippen MR) is 238 cm³/mol. The van der Waals surface area contributed by atoms with Crippen LogP contribution in [0.5, 0.6) is 0 Å². The molecule has 0 fully saturated rings. The maximum Gasteiger partial charge on any atom is 0.472 e. The van der Waals surface area contributed by atoms with E-state index < -0.39 is 26.5 Å². The van der Waals surface area contributed by atoms with Crippen LogP contribution in [0.3, 0.4) is 0 Å². The zero-order valence-electron chi connectivity index (χ0n) is 36.6. The van der Waals surface area contributed by atoms with E-state index in [-0.39, 0.29) is 38.6 Å². The van der Waals surface area contributed by atoms with E-state index in [0.717, 1.165) is 64.2 Å². The first-order chi connectivity index (χ1) is 27.8. The monoisotopic (exact) mass is 824 g/mol. The number of phosphoric acid groups is 1. The number of allylic oxidation sites excluding steroid dienone is 8. The van der Waals surface area contributed by atoms with Gasteiger partial charge in [0.25, 0.3) is 0 Å². The molecule has 2 unspecified atom stereocenters. The Morgan fingerprint density at radius 1 is 0.544 bits per heavy atom. The summed E-state index contributed by atoms with van der Waals surface area (Å²) in [5, 5.41) is 0. The van der Waals surface area contributed by atoms with Crippen LogP contribution in [0.1, 0.15) is 206 Å². The summed E-state index contributed by atoms with van der Waals surface area (Å²) in [4.78, 5) is 34.7. The summed E-state index contributed by atoms with van der Waals surface area (Å²) in [6.07, 6.45) is 50.4. The second-order valence-corrected chi connectivity index (χ2v) is 16.7. The van der Waals surface area contributed by atoms with Gasteiger partial charge in [-0.3, -0.25) is 18.6 Å². The fraction of sp³-hybridized carbons (Fsp3) is 0.787. The molecule has 0 aromatic rings. The van der Waals surface area contributed by atoms with Gasteiger partial charge in [0.05, 0.1) is 13.2 Å². The van der Waals surface area contributed by atoms with Crippen molar-refractivity contribution in [1.29, 1.82) is 0 Å². The molecule has 0 saturated carbocycles. The number of nitrogens with two attached hydrogens (primary N) is 1. The van der Waals surface area contributed by atoms with Crippen LogP contribution < -0.4 is 5.73 Å². The molecule has 0 spiro atoms. The van der Waals surface area contributed by atoms with Crippen LogP contribution in [-0.4, -0.2) is 49.3 Å². The quantitative estimate of drug-likeness (QED) is 0.0267. The average Bonchev–Trinajstić information content (AvgIpc) is 3.20. The minimum Gasteiger partial charge on any atom is -0.462 e. The minimum absolute atomic E-state index is 0.0540. The maximum absolute atomic E-state index is 12.6. The molecule has 0 saturated heterocycles. The third-order valence-electron chi connectivity index (χ3n) is 9.73. The Morgan fingerprint density at radius 2 is 0.965 bits per heavy atom. The van der Waals surface area contributed by atoms with Crippen LogP contribution in [0.25, 0.3) is 0 Å². The number of rotatable bonds is 43. The molecule has 57 heavy (non-hydrogen) atoms. The summed E-state index contributed by atoms with van der Waals surface area (Å²) >= 11 is 0. The second kappa shape index (κ2) is 43.5. The van der Waals surface area contributed by atoms with Crippen molar-refractivity contribution in [3.05, 3.63) is 48.6 Å². The third kappa shape index (κ3) is 43.4. The summed E-state index contributed by atoms with van der Waals surface area (Å²) in [5.74, 6) is -0.831. The van der Waals surface area contributed by atoms with Gasteiger partial charge < -0.3 is 20.1 Å². The van der Waals surface area contributed by atoms with Gasteiger partial charge in [-0.1, -0.05) is 191 Å². The van der Waals surface area contributed by atoms with Crippen molar-refractivity contribution in [2.45, 2.75) is 213 Å². The Balaban J connectivity index is 3.86. The van der Waals surface area contributed by atoms with E-state index in [1.165, 1.54) is 109 Å². The van der Waals surface area contributed by atoms with Gasteiger partial charge in [-0.15, -0.1) is 0 Å². The standard InChI is InChI=1S/C47H86NO8P/c1-3-5-7-9-11-12-13-14-15-16-17-18-19-20-21-22-23-24-25-26-27-28-29-30-31-32-34-36-38-40-47(50)56-45(44-55-57(51,52)54-42-41-48)43-53-46(49)39-37-35-33-10-8-6-4-2/h5,7,11-12,14-15,17-18,45H,3-4,6,8-10,13,16,19-44,48H2,1-2H3,(H,51,52)/b7-5-,12-11-,15-14-,18-17-. The van der Waals surface area contributed by atoms with Crippen molar-refractivity contribution in [1.82, 2.24) is 0 Å². The molecule has 0 aromatic heterocycles. The number of hydrogen-bond acceptors (Lipinski definition) is 8. The lowest BCUT2D eigenvalue weighted by atomic mass is 10.0. The smallest absolute Gasteiger partial charge is 0.462 e. The van der Waals surface area contributed by atoms with Crippen LogP contribution in [0, 0.1) is 0 Å². The van der Waals surface area contributed by atoms with Gasteiger partial charge in [0.2, 0.25) is 0 Å². The van der Waals surface area contributed by atoms with E-state index in [4.69, 9.17) is 24.3 Å². The molecule has 0 rings (SSSR count). The zero-order valence-corrected chi connectivity index (χ0v) is 37.5. The van der Waals surface area contributed by atoms with Crippen LogP contribution >= 0.6 is 7.82 Å². The Kier molecular flexibility index (Phi) is 42.0. The van der Waals surface area contributed by atoms with Crippen LogP contribution in [0.2, 0.25) is 0 Å². The molecule has 3 N–H and O–H groups in total. The fourth-order valence-electron chi connectivity index (χ4n) is 6.33. The minimum atomic E-state index is -4.37. The third-order valence-corrected chi connectivity index (χ3v) is 10.7. The molecule has 10 heteroatoms. The van der Waals surface area contributed by atoms with Crippen molar-refractivity contribution in [3.8, 4) is 0 Å². The first kappa shape index (κ1) is 55.0. The molecular weight excluding hydrogens is 737 g/mol. The lowest BCUT2D eigenvalue weighted by Gasteiger charge is -2.19. The lowest BCUT2D eigenvalue weighted by Crippen LogP contribution is -2.29. The SMILES string of the molecule is CC/C=C\C/C=C\C/C=C\C/C=C\CCCCCCCCCCCCCCCCCCC(=O)OC(COC(=O)CCCCCCCCC)COP(=O)(O)OCCN. The number of phosphoric ester groups is 1. The number of unbranched alkanes of at least 4 members (excludes halogenated alkanes) is 22. The fourth-order valence-corrected chi connectivity index (χ4v) is 7.10. The average molecular weight is 824 g/mol. The van der Waals surface area contributed by atoms with Crippen LogP contribution in [-0.2, 0) is 32.7 Å². The van der Waals surface area contributed by atoms with E-state index >= 15 is 0 Å². The Labute approximate surface area is 349 Å². The van der Waals surface area contributed by atoms with E-state index in [2.05, 4.69) is 62.5 Å². The topological polar surface area (TPSA) is 134 Å². The largest absolute Gasteiger partial charge is 0.472 e. The molecule has 0 aliphatic rings. The summed E-state index contributed by atoms with van der Waals surface area (Å²) in [7, 11) is -4.37. The molecule has 9 nitrogen and oxygen atoms in total. The summed E-state index contributed by atoms with van der Waals surface area (Å²) in [5.41, 5.74) is 5.34. The molecule has 332 valence electrons. The number of esters is 2. The molecule has 2 atom stereocenters. The molecule has 0 radical (unpaired) electrons. The predicted octanol–water partition coefficient (Wildman–Crippen LogP) is 13.5. The highest BCUT2D eigenvalue weighted by atomic mass is 31.2. The number of carbonyl (C=O) groups excluding carboxylic acids is 2. The molecular formula is C47H86NO8P. The van der Waals surface area contributed by atoms with Crippen molar-refractivity contribution < 1.29 is 37.6 Å². The van der Waals surface area contributed by atoms with Crippen molar-refractivity contribution in [3.63, 3.8) is 0 Å². The Bertz CT molecular complexity index is 1080. The maximum atomic E-state index is 12.6. The summed E-state index contributed by atoms with van der Waals surface area (Å²) < 4.78 is 32.7.